The molecule has 1 saturated carbocycles. The number of ether oxygens (including phenoxy) is 2. The monoisotopic (exact) mass is 665 g/mol. The van der Waals surface area contributed by atoms with Crippen LogP contribution in [0.25, 0.3) is 11.1 Å². The molecule has 0 heterocycles. The van der Waals surface area contributed by atoms with Crippen molar-refractivity contribution in [2.24, 2.45) is 17.1 Å². The molecule has 0 saturated heterocycles. The molecule has 0 radical (unpaired) electrons. The molecule has 3 atom stereocenters. The summed E-state index contributed by atoms with van der Waals surface area (Å²) in [6.45, 7) is 12.9. The van der Waals surface area contributed by atoms with Crippen LogP contribution in [0, 0.1) is 22.7 Å². The van der Waals surface area contributed by atoms with E-state index >= 15 is 0 Å². The predicted molar refractivity (Wildman–Crippen MR) is 199 cm³/mol. The summed E-state index contributed by atoms with van der Waals surface area (Å²) < 4.78 is 14.4. The lowest BCUT2D eigenvalue weighted by molar-refractivity contribution is 0.0600. The normalized spacial score (nSPS) is 19.9. The van der Waals surface area contributed by atoms with Gasteiger partial charge in [0.15, 0.2) is 0 Å². The summed E-state index contributed by atoms with van der Waals surface area (Å²) >= 11 is 4.60. The van der Waals surface area contributed by atoms with Gasteiger partial charge in [0.05, 0.1) is 11.6 Å². The van der Waals surface area contributed by atoms with Gasteiger partial charge in [0.2, 0.25) is 0 Å². The number of hydrogen-bond donors (Lipinski definition) is 3. The van der Waals surface area contributed by atoms with Crippen LogP contribution in [-0.2, 0) is 11.3 Å². The Labute approximate surface area is 293 Å². The molecule has 48 heavy (non-hydrogen) atoms. The van der Waals surface area contributed by atoms with E-state index in [2.05, 4.69) is 83.8 Å². The summed E-state index contributed by atoms with van der Waals surface area (Å²) in [6, 6.07) is 29.5. The molecule has 2 aliphatic rings. The molecular weight excluding hydrogens is 615 g/mol. The van der Waals surface area contributed by atoms with E-state index in [4.69, 9.17) is 22.3 Å². The number of primary amides is 1. The number of hydrogen-bond acceptors (Lipinski definition) is 6. The molecule has 7 heteroatoms. The van der Waals surface area contributed by atoms with Gasteiger partial charge in [-0.1, -0.05) is 112 Å². The highest BCUT2D eigenvalue weighted by Gasteiger charge is 2.57. The third-order valence-corrected chi connectivity index (χ3v) is 9.76. The molecule has 3 unspecified atom stereocenters. The second-order valence-corrected chi connectivity index (χ2v) is 14.1. The number of carbonyl (C=O) groups excluding carboxylic acids is 1. The summed E-state index contributed by atoms with van der Waals surface area (Å²) in [5.74, 6) is 1.26. The van der Waals surface area contributed by atoms with Gasteiger partial charge >= 0.3 is 6.09 Å². The van der Waals surface area contributed by atoms with Gasteiger partial charge in [-0.2, -0.15) is 5.26 Å². The van der Waals surface area contributed by atoms with E-state index in [0.29, 0.717) is 24.1 Å². The average molecular weight is 666 g/mol. The summed E-state index contributed by atoms with van der Waals surface area (Å²) in [5, 5.41) is 9.14. The van der Waals surface area contributed by atoms with Gasteiger partial charge in [-0.05, 0) is 99.3 Å². The van der Waals surface area contributed by atoms with Crippen molar-refractivity contribution in [2.75, 3.05) is 0 Å². The quantitative estimate of drug-likeness (QED) is 0.132. The minimum absolute atomic E-state index is 0.171. The first kappa shape index (κ1) is 36.8. The lowest BCUT2D eigenvalue weighted by atomic mass is 9.66. The number of unbranched alkanes of at least 4 members (excludes halogenated alkanes) is 3. The van der Waals surface area contributed by atoms with Crippen molar-refractivity contribution in [3.63, 3.8) is 0 Å². The van der Waals surface area contributed by atoms with Crippen LogP contribution in [0.15, 0.2) is 91.0 Å². The topological polar surface area (TPSA) is 97.4 Å². The summed E-state index contributed by atoms with van der Waals surface area (Å²) in [7, 11) is 0. The molecule has 1 amide bonds. The van der Waals surface area contributed by atoms with E-state index in [1.807, 2.05) is 30.3 Å². The zero-order valence-corrected chi connectivity index (χ0v) is 29.8. The number of nitrogens with two attached hydrogens (primary N) is 1. The van der Waals surface area contributed by atoms with Crippen LogP contribution in [0.5, 0.6) is 5.75 Å². The Balaban J connectivity index is 0.000000579. The van der Waals surface area contributed by atoms with Crippen molar-refractivity contribution in [3.05, 3.63) is 113 Å². The lowest BCUT2D eigenvalue weighted by Gasteiger charge is -2.38. The molecule has 0 spiro atoms. The third kappa shape index (κ3) is 8.92. The number of benzene rings is 3. The molecule has 0 bridgehead atoms. The predicted octanol–water partition coefficient (Wildman–Crippen LogP) is 10.1. The maximum atomic E-state index is 10.0. The van der Waals surface area contributed by atoms with Gasteiger partial charge in [0, 0.05) is 17.0 Å². The highest BCUT2D eigenvalue weighted by Crippen LogP contribution is 2.66. The highest BCUT2D eigenvalue weighted by molar-refractivity contribution is 7.78. The fourth-order valence-electron chi connectivity index (χ4n) is 7.38. The fraction of sp³-hybridized carbons (Fsp3) is 0.415. The molecule has 2 aliphatic carbocycles. The smallest absolute Gasteiger partial charge is 0.405 e. The number of nitrogens with one attached hydrogen (secondary N) is 1. The Morgan fingerprint density at radius 2 is 1.73 bits per heavy atom. The van der Waals surface area contributed by atoms with Gasteiger partial charge < -0.3 is 15.2 Å². The molecule has 6 nitrogen and oxygen atoms in total. The third-order valence-electron chi connectivity index (χ3n) is 9.43. The number of carbonyl (C=O) groups is 1. The largest absolute Gasteiger partial charge is 0.488 e. The Bertz CT molecular complexity index is 1600. The fourth-order valence-corrected chi connectivity index (χ4v) is 7.69. The molecule has 1 fully saturated rings. The minimum Gasteiger partial charge on any atom is -0.488 e. The number of para-hydroxylation sites is 1. The Kier molecular flexibility index (Phi) is 13.0. The SMILES string of the molecule is C=C(c1ccccc1OCc1ccc(C#N)cc1)C12CCC(NS)C1CC(CCCCCC)=C2c1ccccc1.CC(C)(C)OC(N)=O. The van der Waals surface area contributed by atoms with E-state index in [0.717, 1.165) is 48.1 Å². The molecule has 0 aliphatic heterocycles. The van der Waals surface area contributed by atoms with Crippen molar-refractivity contribution < 1.29 is 14.3 Å². The summed E-state index contributed by atoms with van der Waals surface area (Å²) in [4.78, 5) is 10.0. The molecular formula is C41H51N3O3S. The van der Waals surface area contributed by atoms with E-state index < -0.39 is 11.7 Å². The first-order chi connectivity index (χ1) is 23.0. The first-order valence-electron chi connectivity index (χ1n) is 17.1. The summed E-state index contributed by atoms with van der Waals surface area (Å²) in [6.07, 6.45) is 8.67. The number of thiol groups is 1. The molecule has 3 aromatic rings. The maximum absolute atomic E-state index is 10.0. The molecule has 5 rings (SSSR count). The van der Waals surface area contributed by atoms with Crippen molar-refractivity contribution in [3.8, 4) is 11.8 Å². The number of rotatable bonds is 12. The van der Waals surface area contributed by atoms with Crippen LogP contribution >= 0.6 is 12.8 Å². The van der Waals surface area contributed by atoms with Crippen LogP contribution in [0.2, 0.25) is 0 Å². The van der Waals surface area contributed by atoms with Crippen LogP contribution in [-0.4, -0.2) is 17.7 Å². The van der Waals surface area contributed by atoms with Gasteiger partial charge in [0.25, 0.3) is 0 Å². The van der Waals surface area contributed by atoms with Crippen LogP contribution in [0.1, 0.15) is 101 Å². The molecule has 254 valence electrons. The van der Waals surface area contributed by atoms with Gasteiger partial charge in [-0.3, -0.25) is 4.72 Å². The second-order valence-electron chi connectivity index (χ2n) is 13.8. The van der Waals surface area contributed by atoms with Gasteiger partial charge in [-0.25, -0.2) is 4.79 Å². The zero-order chi connectivity index (χ0) is 34.7. The second kappa shape index (κ2) is 16.9. The van der Waals surface area contributed by atoms with Crippen LogP contribution in [0.3, 0.4) is 0 Å². The van der Waals surface area contributed by atoms with Crippen LogP contribution in [0.4, 0.5) is 4.79 Å². The van der Waals surface area contributed by atoms with Gasteiger partial charge in [-0.15, -0.1) is 0 Å². The average Bonchev–Trinajstić information content (AvgIpc) is 3.59. The van der Waals surface area contributed by atoms with E-state index in [-0.39, 0.29) is 5.41 Å². The van der Waals surface area contributed by atoms with Crippen molar-refractivity contribution in [1.82, 2.24) is 4.72 Å². The number of fused-ring (bicyclic) bond motifs is 1. The zero-order valence-electron chi connectivity index (χ0n) is 28.9. The molecule has 0 aromatic heterocycles. The molecule has 3 aromatic carbocycles. The number of amides is 1. The van der Waals surface area contributed by atoms with Crippen molar-refractivity contribution >= 4 is 30.1 Å². The Hall–Kier alpha value is -3.99. The maximum Gasteiger partial charge on any atom is 0.405 e. The number of allylic oxidation sites excluding steroid dienone is 3. The van der Waals surface area contributed by atoms with E-state index in [9.17, 15) is 4.79 Å². The minimum atomic E-state index is -0.725. The Morgan fingerprint density at radius 1 is 1.04 bits per heavy atom. The number of nitrogens with zero attached hydrogens (tertiary/aromatic N) is 1. The molecule has 3 N–H and O–H groups in total. The lowest BCUT2D eigenvalue weighted by Crippen LogP contribution is -2.33. The van der Waals surface area contributed by atoms with Crippen molar-refractivity contribution in [1.29, 1.82) is 5.26 Å². The Morgan fingerprint density at radius 3 is 2.33 bits per heavy atom. The standard InChI is InChI=1S/C36H40N2OS.C5H11NO2/c1-3-4-5-7-14-30-23-32-33(38-40)21-22-36(32,35(30)29-12-8-6-9-13-29)26(2)31-15-10-11-16-34(31)39-25-28-19-17-27(24-37)18-20-28;1-5(2,3)8-4(6)7/h6,8-13,15-20,32-33,38,40H,2-5,7,14,21-23,25H2,1H3;1-3H3,(H2,6,7). The van der Waals surface area contributed by atoms with Crippen molar-refractivity contribution in [2.45, 2.75) is 97.3 Å². The van der Waals surface area contributed by atoms with Gasteiger partial charge in [0.1, 0.15) is 18.0 Å². The first-order valence-corrected chi connectivity index (χ1v) is 17.5. The highest BCUT2D eigenvalue weighted by atomic mass is 32.1. The van der Waals surface area contributed by atoms with E-state index in [1.54, 1.807) is 26.3 Å². The van der Waals surface area contributed by atoms with Crippen LogP contribution < -0.4 is 15.2 Å². The number of nitriles is 1. The van der Waals surface area contributed by atoms with E-state index in [1.165, 1.54) is 36.8 Å². The summed E-state index contributed by atoms with van der Waals surface area (Å²) in [5.41, 5.74) is 12.4.